The van der Waals surface area contributed by atoms with Crippen LogP contribution in [0.3, 0.4) is 0 Å². The third kappa shape index (κ3) is 28.7. The summed E-state index contributed by atoms with van der Waals surface area (Å²) in [7, 11) is 0. The minimum absolute atomic E-state index is 0.0753. The molecule has 3 unspecified atom stereocenters. The topological polar surface area (TPSA) is 453 Å². The van der Waals surface area contributed by atoms with E-state index in [0.717, 1.165) is 229 Å². The summed E-state index contributed by atoms with van der Waals surface area (Å²) < 4.78 is 39.6. The van der Waals surface area contributed by atoms with Crippen LogP contribution in [-0.2, 0) is 113 Å². The molecule has 0 amide bonds. The summed E-state index contributed by atoms with van der Waals surface area (Å²) in [5, 5.41) is 0. The van der Waals surface area contributed by atoms with Crippen molar-refractivity contribution >= 4 is 87.2 Å². The molecule has 7 aromatic heterocycles. The van der Waals surface area contributed by atoms with Crippen molar-refractivity contribution in [3.05, 3.63) is 217 Å². The number of H-pyrrole nitrogens is 1. The first-order chi connectivity index (χ1) is 73.0. The Kier molecular flexibility index (Phi) is 37.3. The van der Waals surface area contributed by atoms with Gasteiger partial charge in [0.2, 0.25) is 0 Å². The molecule has 10 aromatic rings. The summed E-state index contributed by atoms with van der Waals surface area (Å²) >= 11 is 0. The fourth-order valence-electron chi connectivity index (χ4n) is 20.7. The van der Waals surface area contributed by atoms with Crippen LogP contribution in [0.2, 0.25) is 0 Å². The van der Waals surface area contributed by atoms with Gasteiger partial charge in [0.15, 0.2) is 17.3 Å². The molecule has 150 heavy (non-hydrogen) atoms. The fourth-order valence-corrected chi connectivity index (χ4v) is 20.7. The van der Waals surface area contributed by atoms with E-state index in [1.54, 1.807) is 0 Å². The summed E-state index contributed by atoms with van der Waals surface area (Å²) in [6.07, 6.45) is 21.7. The number of likely N-dealkylation sites (tertiary alicyclic amines) is 3. The van der Waals surface area contributed by atoms with Crippen LogP contribution in [0.15, 0.2) is 139 Å². The summed E-state index contributed by atoms with van der Waals surface area (Å²) in [6, 6.07) is 34.8. The minimum atomic E-state index is -0.483. The number of hydrogen-bond donors (Lipinski definition) is 6. The molecular weight excluding hydrogens is 1900 g/mol. The summed E-state index contributed by atoms with van der Waals surface area (Å²) in [5.41, 5.74) is 46.1. The smallest absolute Gasteiger partial charge is 0.348 e. The van der Waals surface area contributed by atoms with Gasteiger partial charge in [-0.2, -0.15) is 44.9 Å². The molecule has 11 aliphatic rings. The van der Waals surface area contributed by atoms with Crippen molar-refractivity contribution < 1.29 is 47.5 Å². The van der Waals surface area contributed by atoms with Gasteiger partial charge in [0.25, 0.3) is 0 Å². The number of Topliss-reactive ketones (excluding diaryl/α,β-unsaturated/α-hetero) is 3. The van der Waals surface area contributed by atoms with Crippen molar-refractivity contribution in [3.8, 4) is 24.0 Å². The van der Waals surface area contributed by atoms with E-state index in [4.69, 9.17) is 71.8 Å². The lowest BCUT2D eigenvalue weighted by atomic mass is 9.97. The van der Waals surface area contributed by atoms with E-state index in [9.17, 15) is 19.2 Å². The zero-order chi connectivity index (χ0) is 105. The lowest BCUT2D eigenvalue weighted by Crippen LogP contribution is -2.44. The SMILES string of the molecule is C=C1Cc2c(N)nc(OCC3CCCO3)nc2N(Cc2ccnc(N3CCOCC3)c2)C1.C=C1Cc2c(N)nc(OCCCC)nc2N(Cc2ccnc(N3CCOCC3)c2)C1.CCCCOc1nc(N)c2c(n1)N(Cc1ccc(CN3CCCC3)cc1)C(C)C(=O)C2.CCCCOc1nc(N)c2c(n1)N(Cc1cccc(CN3CCCC3)c1)C(C)C(=O)C2.Nc1[nH]c(=O)nc2c1CC(=O)CN2Cc1cccc(CN2CCCC2)c1. The average Bonchev–Trinajstić information content (AvgIpc) is 1.19. The second-order valence-electron chi connectivity index (χ2n) is 40.8. The second-order valence-corrected chi connectivity index (χ2v) is 40.8. The quantitative estimate of drug-likeness (QED) is 0.0164. The van der Waals surface area contributed by atoms with Crippen LogP contribution in [0, 0.1) is 0 Å². The first-order valence-corrected chi connectivity index (χ1v) is 53.8. The minimum Gasteiger partial charge on any atom is -0.463 e. The molecule has 11 aliphatic heterocycles. The molecule has 798 valence electrons. The summed E-state index contributed by atoms with van der Waals surface area (Å²) in [4.78, 5) is 123. The number of carbonyl (C=O) groups excluding carboxylic acids is 3. The molecule has 6 fully saturated rings. The number of nitrogen functional groups attached to an aromatic ring is 5. The Hall–Kier alpha value is -13.8. The number of morpholine rings is 2. The van der Waals surface area contributed by atoms with Gasteiger partial charge in [-0.25, -0.2) is 14.8 Å². The number of nitrogens with two attached hydrogens (primary N) is 5. The number of ketones is 3. The van der Waals surface area contributed by atoms with Crippen LogP contribution in [0.25, 0.3) is 0 Å². The van der Waals surface area contributed by atoms with Crippen molar-refractivity contribution in [2.45, 2.75) is 227 Å². The first kappa shape index (κ1) is 107. The zero-order valence-corrected chi connectivity index (χ0v) is 88.0. The molecule has 0 saturated carbocycles. The highest BCUT2D eigenvalue weighted by molar-refractivity contribution is 5.95. The molecule has 38 nitrogen and oxygen atoms in total. The number of rotatable bonds is 33. The highest BCUT2D eigenvalue weighted by Gasteiger charge is 2.38. The zero-order valence-electron chi connectivity index (χ0n) is 88.0. The number of hydrogen-bond acceptors (Lipinski definition) is 37. The van der Waals surface area contributed by atoms with Crippen molar-refractivity contribution in [1.29, 1.82) is 0 Å². The largest absolute Gasteiger partial charge is 0.463 e. The van der Waals surface area contributed by atoms with Gasteiger partial charge < -0.3 is 96.1 Å². The molecular formula is C112H149N27O11. The van der Waals surface area contributed by atoms with Crippen LogP contribution in [-0.4, -0.2) is 255 Å². The number of pyridine rings is 2. The van der Waals surface area contributed by atoms with Crippen molar-refractivity contribution in [3.63, 3.8) is 0 Å². The maximum atomic E-state index is 12.7. The average molecular weight is 2050 g/mol. The van der Waals surface area contributed by atoms with Crippen LogP contribution in [0.1, 0.15) is 197 Å². The second kappa shape index (κ2) is 52.1. The molecule has 3 aromatic carbocycles. The van der Waals surface area contributed by atoms with Gasteiger partial charge in [0.1, 0.15) is 76.4 Å². The van der Waals surface area contributed by atoms with Crippen LogP contribution >= 0.6 is 0 Å². The van der Waals surface area contributed by atoms with Gasteiger partial charge in [0, 0.05) is 171 Å². The molecule has 0 aliphatic carbocycles. The molecule has 3 atom stereocenters. The van der Waals surface area contributed by atoms with Crippen LogP contribution in [0.5, 0.6) is 24.0 Å². The van der Waals surface area contributed by atoms with E-state index in [1.807, 2.05) is 65.2 Å². The first-order valence-electron chi connectivity index (χ1n) is 53.8. The lowest BCUT2D eigenvalue weighted by Gasteiger charge is -2.35. The van der Waals surface area contributed by atoms with E-state index in [0.29, 0.717) is 148 Å². The van der Waals surface area contributed by atoms with Crippen molar-refractivity contribution in [2.75, 3.05) is 208 Å². The molecule has 18 heterocycles. The predicted molar refractivity (Wildman–Crippen MR) is 584 cm³/mol. The lowest BCUT2D eigenvalue weighted by molar-refractivity contribution is -0.120. The van der Waals surface area contributed by atoms with Gasteiger partial charge in [0.05, 0.1) is 71.0 Å². The number of benzene rings is 3. The molecule has 38 heteroatoms. The van der Waals surface area contributed by atoms with Crippen molar-refractivity contribution in [1.82, 2.24) is 74.5 Å². The van der Waals surface area contributed by atoms with Gasteiger partial charge >= 0.3 is 29.7 Å². The number of anilines is 12. The van der Waals surface area contributed by atoms with Crippen LogP contribution in [0.4, 0.5) is 69.8 Å². The number of nitrogens with zero attached hydrogens (tertiary/aromatic N) is 21. The maximum absolute atomic E-state index is 12.7. The van der Waals surface area contributed by atoms with Gasteiger partial charge in [-0.1, -0.05) is 137 Å². The standard InChI is InChI=1S/2C24H33N5O2.C23H30N6O3.C22H30N6O2.C19H23N5O2/c1-3-4-13-31-24-26-22(25)20-14-21(30)17(2)29(23(20)27-24)16-19-9-7-18(8-10-19)15-28-11-5-6-12-28;1-3-4-12-31-24-26-22(25)20-14-21(30)17(2)29(23(20)27-24)16-19-9-7-8-18(13-19)15-28-10-5-6-11-28;1-16-11-19-21(24)26-23(32-15-18-3-2-8-31-18)27-22(19)29(13-16)14-17-4-5-25-20(12-17)28-6-9-30-10-7-28;1-3-4-9-30-22-25-20(23)18-12-16(2)14-28(21(18)26-22)15-17-5-6-24-19(13-17)27-7-10-29-11-8-27;20-17-16-9-15(25)12-24(18(16)22-19(26)21-17)11-14-5-3-4-13(8-14)10-23-6-1-2-7-23/h7-10,17H,3-6,11-16H2,1-2H3,(H2,25,26,27);7-9,13,17H,3-6,10-12,14-16H2,1-2H3,(H2,25,26,27);4-5,12,18H,1-3,6-11,13-15H2,(H2,24,26,27);5-6,13H,2-4,7-12,14-15H2,1H3,(H2,23,25,26);3-5,8H,1-2,6-7,9-12H2,(H3,20,21,22,26). The molecule has 6 saturated heterocycles. The van der Waals surface area contributed by atoms with E-state index < -0.39 is 5.69 Å². The Morgan fingerprint density at radius 1 is 0.380 bits per heavy atom. The Labute approximate surface area is 879 Å². The fraction of sp³-hybridized carbons (Fsp3) is 0.509. The highest BCUT2D eigenvalue weighted by Crippen LogP contribution is 2.40. The summed E-state index contributed by atoms with van der Waals surface area (Å²) in [5.74, 6) is 7.75. The number of fused-ring (bicyclic) bond motifs is 5. The predicted octanol–water partition coefficient (Wildman–Crippen LogP) is 12.3. The van der Waals surface area contributed by atoms with E-state index in [1.165, 1.54) is 81.4 Å². The Balaban J connectivity index is 0.000000128. The normalized spacial score (nSPS) is 18.7. The van der Waals surface area contributed by atoms with E-state index in [-0.39, 0.29) is 73.2 Å². The number of carbonyl (C=O) groups is 3. The van der Waals surface area contributed by atoms with Gasteiger partial charge in [-0.05, 0) is 193 Å². The molecule has 21 rings (SSSR count). The van der Waals surface area contributed by atoms with Crippen LogP contribution < -0.4 is 87.6 Å². The van der Waals surface area contributed by atoms with Gasteiger partial charge in [-0.15, -0.1) is 0 Å². The summed E-state index contributed by atoms with van der Waals surface area (Å²) in [6.45, 7) is 42.7. The number of ether oxygens (including phenoxy) is 7. The number of aromatic amines is 1. The number of nitrogens with one attached hydrogen (secondary N) is 1. The third-order valence-corrected chi connectivity index (χ3v) is 29.0. The Bertz CT molecular complexity index is 6340. The number of unbranched alkanes of at least 4 members (excludes halogenated alkanes) is 3. The molecule has 0 radical (unpaired) electrons. The Morgan fingerprint density at radius 3 is 1.17 bits per heavy atom. The molecule has 0 bridgehead atoms. The van der Waals surface area contributed by atoms with E-state index in [2.05, 4.69) is 191 Å². The maximum Gasteiger partial charge on any atom is 0.348 e. The highest BCUT2D eigenvalue weighted by atomic mass is 16.5. The van der Waals surface area contributed by atoms with Gasteiger partial charge in [-0.3, -0.25) is 34.1 Å². The molecule has 11 N–H and O–H groups in total. The third-order valence-electron chi connectivity index (χ3n) is 29.0. The monoisotopic (exact) mass is 2050 g/mol. The van der Waals surface area contributed by atoms with E-state index >= 15 is 0 Å². The number of aromatic nitrogens is 12. The van der Waals surface area contributed by atoms with Crippen molar-refractivity contribution in [2.24, 2.45) is 0 Å². The molecule has 0 spiro atoms. The Morgan fingerprint density at radius 2 is 0.747 bits per heavy atom.